The Hall–Kier alpha value is -4.16. The molecule has 5 nitrogen and oxygen atoms in total. The minimum absolute atomic E-state index is 0.496. The van der Waals surface area contributed by atoms with Gasteiger partial charge in [0.1, 0.15) is 24.7 Å². The minimum Gasteiger partial charge on any atom is -0.491 e. The van der Waals surface area contributed by atoms with Crippen LogP contribution in [0.5, 0.6) is 11.5 Å². The maximum atomic E-state index is 5.88. The molecule has 0 amide bonds. The molecule has 6 aromatic carbocycles. The van der Waals surface area contributed by atoms with Gasteiger partial charge in [-0.15, -0.1) is 0 Å². The molecular weight excluding hydrogens is 512 g/mol. The van der Waals surface area contributed by atoms with Crippen molar-refractivity contribution in [1.29, 1.82) is 0 Å². The third-order valence-electron chi connectivity index (χ3n) is 7.17. The van der Waals surface area contributed by atoms with Gasteiger partial charge in [-0.3, -0.25) is 0 Å². The summed E-state index contributed by atoms with van der Waals surface area (Å²) in [5.41, 5.74) is 0. The zero-order valence-electron chi connectivity index (χ0n) is 23.1. The maximum absolute atomic E-state index is 5.88. The fraction of sp³-hybridized carbons (Fsp3) is 0.222. The van der Waals surface area contributed by atoms with Crippen molar-refractivity contribution in [3.8, 4) is 11.5 Å². The molecule has 0 saturated carbocycles. The van der Waals surface area contributed by atoms with Gasteiger partial charge in [-0.05, 0) is 67.4 Å². The van der Waals surface area contributed by atoms with Crippen molar-refractivity contribution < 1.29 is 23.7 Å². The Morgan fingerprint density at radius 1 is 0.317 bits per heavy atom. The van der Waals surface area contributed by atoms with E-state index in [4.69, 9.17) is 23.7 Å². The lowest BCUT2D eigenvalue weighted by molar-refractivity contribution is 0.00500. The van der Waals surface area contributed by atoms with E-state index in [0.29, 0.717) is 52.9 Å². The van der Waals surface area contributed by atoms with Gasteiger partial charge in [0.25, 0.3) is 0 Å². The Balaban J connectivity index is 0.808. The summed E-state index contributed by atoms with van der Waals surface area (Å²) < 4.78 is 28.6. The Morgan fingerprint density at radius 3 is 1.15 bits per heavy atom. The molecule has 0 aliphatic carbocycles. The highest BCUT2D eigenvalue weighted by Gasteiger charge is 2.04. The molecule has 0 aliphatic heterocycles. The van der Waals surface area contributed by atoms with Crippen LogP contribution in [0.2, 0.25) is 0 Å². The standard InChI is InChI=1S/C36H34O5/c1-3-7-33-27(5-1)9-11-29-25-31(13-15-35(29)33)40-23-21-38-19-17-37-18-20-39-22-24-41-32-14-16-36-30(26-32)12-10-28-6-2-4-8-34(28)36/h1-16,25-26H,17-24H2. The molecule has 6 rings (SSSR count). The third kappa shape index (κ3) is 6.77. The average Bonchev–Trinajstić information content (AvgIpc) is 3.03. The second-order valence-corrected chi connectivity index (χ2v) is 9.87. The molecule has 6 aromatic rings. The first-order valence-electron chi connectivity index (χ1n) is 14.2. The Bertz CT molecular complexity index is 1620. The predicted octanol–water partition coefficient (Wildman–Crippen LogP) is 7.81. The number of hydrogen-bond donors (Lipinski definition) is 0. The molecule has 0 radical (unpaired) electrons. The summed E-state index contributed by atoms with van der Waals surface area (Å²) >= 11 is 0. The Labute approximate surface area is 240 Å². The van der Waals surface area contributed by atoms with Crippen LogP contribution in [-0.2, 0) is 14.2 Å². The fourth-order valence-corrected chi connectivity index (χ4v) is 5.14. The second-order valence-electron chi connectivity index (χ2n) is 9.87. The van der Waals surface area contributed by atoms with Gasteiger partial charge in [-0.1, -0.05) is 84.9 Å². The van der Waals surface area contributed by atoms with Crippen molar-refractivity contribution in [1.82, 2.24) is 0 Å². The smallest absolute Gasteiger partial charge is 0.120 e. The molecule has 0 heterocycles. The molecule has 0 aliphatic rings. The first-order chi connectivity index (χ1) is 20.3. The molecule has 0 aromatic heterocycles. The SMILES string of the molecule is c1ccc2c(c1)ccc1cc(OCCOCCOCCOCCOc3ccc4c(ccc5ccccc54)c3)ccc12. The van der Waals surface area contributed by atoms with Crippen LogP contribution in [0.1, 0.15) is 0 Å². The molecule has 41 heavy (non-hydrogen) atoms. The molecule has 208 valence electrons. The van der Waals surface area contributed by atoms with E-state index < -0.39 is 0 Å². The second kappa shape index (κ2) is 13.5. The van der Waals surface area contributed by atoms with E-state index in [1.807, 2.05) is 12.1 Å². The number of fused-ring (bicyclic) bond motifs is 6. The fourth-order valence-electron chi connectivity index (χ4n) is 5.14. The first kappa shape index (κ1) is 27.0. The summed E-state index contributed by atoms with van der Waals surface area (Å²) in [4.78, 5) is 0. The van der Waals surface area contributed by atoms with Gasteiger partial charge in [0.05, 0.1) is 39.6 Å². The zero-order valence-corrected chi connectivity index (χ0v) is 23.1. The quantitative estimate of drug-likeness (QED) is 0.103. The number of rotatable bonds is 14. The number of ether oxygens (including phenoxy) is 5. The van der Waals surface area contributed by atoms with E-state index in [1.54, 1.807) is 0 Å². The lowest BCUT2D eigenvalue weighted by Crippen LogP contribution is -2.14. The van der Waals surface area contributed by atoms with E-state index in [0.717, 1.165) is 11.5 Å². The normalized spacial score (nSPS) is 11.5. The lowest BCUT2D eigenvalue weighted by Gasteiger charge is -2.10. The molecule has 0 unspecified atom stereocenters. The molecule has 5 heteroatoms. The van der Waals surface area contributed by atoms with Gasteiger partial charge in [-0.2, -0.15) is 0 Å². The topological polar surface area (TPSA) is 46.2 Å². The molecule has 0 N–H and O–H groups in total. The van der Waals surface area contributed by atoms with Crippen LogP contribution in [0.25, 0.3) is 43.1 Å². The van der Waals surface area contributed by atoms with Gasteiger partial charge in [0, 0.05) is 0 Å². The van der Waals surface area contributed by atoms with Gasteiger partial charge in [-0.25, -0.2) is 0 Å². The molecule has 0 spiro atoms. The van der Waals surface area contributed by atoms with Crippen LogP contribution < -0.4 is 9.47 Å². The average molecular weight is 547 g/mol. The summed E-state index contributed by atoms with van der Waals surface area (Å²) in [5.74, 6) is 1.70. The molecular formula is C36H34O5. The van der Waals surface area contributed by atoms with E-state index in [2.05, 4.69) is 97.1 Å². The molecule has 0 saturated heterocycles. The van der Waals surface area contributed by atoms with Crippen LogP contribution in [0.3, 0.4) is 0 Å². The van der Waals surface area contributed by atoms with Crippen LogP contribution in [-0.4, -0.2) is 52.9 Å². The first-order valence-corrected chi connectivity index (χ1v) is 14.2. The van der Waals surface area contributed by atoms with Crippen LogP contribution >= 0.6 is 0 Å². The maximum Gasteiger partial charge on any atom is 0.120 e. The Morgan fingerprint density at radius 2 is 0.683 bits per heavy atom. The molecule has 0 atom stereocenters. The summed E-state index contributed by atoms with van der Waals surface area (Å²) in [6, 6.07) is 37.9. The number of hydrogen-bond acceptors (Lipinski definition) is 5. The Kier molecular flexibility index (Phi) is 8.88. The van der Waals surface area contributed by atoms with Gasteiger partial charge in [0.15, 0.2) is 0 Å². The minimum atomic E-state index is 0.496. The van der Waals surface area contributed by atoms with Crippen LogP contribution in [0, 0.1) is 0 Å². The van der Waals surface area contributed by atoms with Crippen molar-refractivity contribution in [3.63, 3.8) is 0 Å². The van der Waals surface area contributed by atoms with E-state index >= 15 is 0 Å². The highest BCUT2D eigenvalue weighted by Crippen LogP contribution is 2.29. The highest BCUT2D eigenvalue weighted by molar-refractivity contribution is 6.08. The zero-order chi connectivity index (χ0) is 27.7. The van der Waals surface area contributed by atoms with E-state index in [1.165, 1.54) is 43.1 Å². The summed E-state index contributed by atoms with van der Waals surface area (Å²) in [6.45, 7) is 4.10. The molecule has 0 fully saturated rings. The number of benzene rings is 6. The molecule has 0 bridgehead atoms. The summed E-state index contributed by atoms with van der Waals surface area (Å²) in [7, 11) is 0. The highest BCUT2D eigenvalue weighted by atomic mass is 16.6. The largest absolute Gasteiger partial charge is 0.491 e. The van der Waals surface area contributed by atoms with E-state index in [9.17, 15) is 0 Å². The van der Waals surface area contributed by atoms with Gasteiger partial charge < -0.3 is 23.7 Å². The van der Waals surface area contributed by atoms with Crippen LogP contribution in [0.4, 0.5) is 0 Å². The predicted molar refractivity (Wildman–Crippen MR) is 166 cm³/mol. The lowest BCUT2D eigenvalue weighted by atomic mass is 10.0. The van der Waals surface area contributed by atoms with Gasteiger partial charge >= 0.3 is 0 Å². The van der Waals surface area contributed by atoms with E-state index in [-0.39, 0.29) is 0 Å². The van der Waals surface area contributed by atoms with Crippen molar-refractivity contribution in [3.05, 3.63) is 109 Å². The third-order valence-corrected chi connectivity index (χ3v) is 7.17. The van der Waals surface area contributed by atoms with Crippen molar-refractivity contribution in [2.75, 3.05) is 52.9 Å². The van der Waals surface area contributed by atoms with Crippen molar-refractivity contribution in [2.45, 2.75) is 0 Å². The van der Waals surface area contributed by atoms with Crippen molar-refractivity contribution in [2.24, 2.45) is 0 Å². The van der Waals surface area contributed by atoms with Crippen LogP contribution in [0.15, 0.2) is 109 Å². The summed E-state index contributed by atoms with van der Waals surface area (Å²) in [5, 5.41) is 9.83. The van der Waals surface area contributed by atoms with Crippen molar-refractivity contribution >= 4 is 43.1 Å². The van der Waals surface area contributed by atoms with Gasteiger partial charge in [0.2, 0.25) is 0 Å². The monoisotopic (exact) mass is 546 g/mol. The summed E-state index contributed by atoms with van der Waals surface area (Å²) in [6.07, 6.45) is 0.